The minimum absolute atomic E-state index is 0.458. The molecule has 1 heteroatoms. The molecule has 0 N–H and O–H groups in total. The molecule has 1 aliphatic rings. The van der Waals surface area contributed by atoms with Crippen LogP contribution in [0.3, 0.4) is 0 Å². The van der Waals surface area contributed by atoms with Crippen LogP contribution in [-0.2, 0) is 0 Å². The van der Waals surface area contributed by atoms with Gasteiger partial charge in [-0.15, -0.1) is 0 Å². The Morgan fingerprint density at radius 2 is 1.44 bits per heavy atom. The quantitative estimate of drug-likeness (QED) is 0.711. The summed E-state index contributed by atoms with van der Waals surface area (Å²) in [5.41, 5.74) is 4.31. The second-order valence-corrected chi connectivity index (χ2v) is 5.19. The molecule has 0 amide bonds. The van der Waals surface area contributed by atoms with Crippen molar-refractivity contribution in [3.05, 3.63) is 65.7 Å². The number of benzene rings is 2. The third kappa shape index (κ3) is 1.80. The molecule has 1 nitrogen and oxygen atoms in total. The van der Waals surface area contributed by atoms with Crippen molar-refractivity contribution in [2.24, 2.45) is 0 Å². The fourth-order valence-corrected chi connectivity index (χ4v) is 3.01. The number of anilines is 1. The van der Waals surface area contributed by atoms with Gasteiger partial charge in [0.25, 0.3) is 0 Å². The lowest BCUT2D eigenvalue weighted by Gasteiger charge is -2.40. The fourth-order valence-electron chi connectivity index (χ4n) is 3.01. The molecule has 1 heterocycles. The van der Waals surface area contributed by atoms with Gasteiger partial charge in [-0.2, -0.15) is 0 Å². The lowest BCUT2D eigenvalue weighted by molar-refractivity contribution is 0.568. The number of para-hydroxylation sites is 1. The Morgan fingerprint density at radius 1 is 0.833 bits per heavy atom. The van der Waals surface area contributed by atoms with Gasteiger partial charge in [0.15, 0.2) is 0 Å². The van der Waals surface area contributed by atoms with Crippen LogP contribution in [-0.4, -0.2) is 6.54 Å². The Balaban J connectivity index is 2.02. The summed E-state index contributed by atoms with van der Waals surface area (Å²) in [6.45, 7) is 5.72. The largest absolute Gasteiger partial charge is 0.364 e. The topological polar surface area (TPSA) is 3.24 Å². The van der Waals surface area contributed by atoms with Crippen molar-refractivity contribution in [1.29, 1.82) is 0 Å². The average Bonchev–Trinajstić information content (AvgIpc) is 2.44. The van der Waals surface area contributed by atoms with Gasteiger partial charge in [0.2, 0.25) is 0 Å². The first-order valence-electron chi connectivity index (χ1n) is 6.68. The van der Waals surface area contributed by atoms with Crippen molar-refractivity contribution in [3.8, 4) is 0 Å². The van der Waals surface area contributed by atoms with Gasteiger partial charge in [-0.1, -0.05) is 49.4 Å². The van der Waals surface area contributed by atoms with Crippen LogP contribution in [0.2, 0.25) is 0 Å². The van der Waals surface area contributed by atoms with Crippen LogP contribution < -0.4 is 4.90 Å². The van der Waals surface area contributed by atoms with Crippen LogP contribution in [0.15, 0.2) is 54.6 Å². The lowest BCUT2D eigenvalue weighted by Crippen LogP contribution is -2.35. The Morgan fingerprint density at radius 3 is 2.17 bits per heavy atom. The Hall–Kier alpha value is -1.76. The second-order valence-electron chi connectivity index (χ2n) is 5.19. The summed E-state index contributed by atoms with van der Waals surface area (Å²) in [5, 5.41) is 0. The number of hydrogen-bond acceptors (Lipinski definition) is 1. The predicted molar refractivity (Wildman–Crippen MR) is 77.1 cm³/mol. The first-order valence-corrected chi connectivity index (χ1v) is 6.68. The maximum Gasteiger partial charge on any atom is 0.0517 e. The molecule has 0 spiro atoms. The minimum atomic E-state index is 0.458. The molecule has 2 atom stereocenters. The van der Waals surface area contributed by atoms with Crippen LogP contribution in [0, 0.1) is 0 Å². The molecule has 2 aromatic rings. The molecule has 2 aromatic carbocycles. The summed E-state index contributed by atoms with van der Waals surface area (Å²) in [6, 6.07) is 20.0. The number of hydrogen-bond donors (Lipinski definition) is 0. The smallest absolute Gasteiger partial charge is 0.0517 e. The van der Waals surface area contributed by atoms with Gasteiger partial charge >= 0.3 is 0 Å². The van der Waals surface area contributed by atoms with Gasteiger partial charge in [0, 0.05) is 12.2 Å². The van der Waals surface area contributed by atoms with Crippen LogP contribution in [0.5, 0.6) is 0 Å². The van der Waals surface area contributed by atoms with Gasteiger partial charge in [-0.25, -0.2) is 0 Å². The third-order valence-corrected chi connectivity index (χ3v) is 4.00. The highest BCUT2D eigenvalue weighted by Crippen LogP contribution is 2.37. The van der Waals surface area contributed by atoms with E-state index < -0.39 is 0 Å². The van der Waals surface area contributed by atoms with Crippen molar-refractivity contribution in [3.63, 3.8) is 0 Å². The van der Waals surface area contributed by atoms with Crippen LogP contribution >= 0.6 is 0 Å². The first kappa shape index (κ1) is 11.3. The van der Waals surface area contributed by atoms with Crippen LogP contribution in [0.1, 0.15) is 36.9 Å². The highest BCUT2D eigenvalue weighted by atomic mass is 15.2. The Kier molecular flexibility index (Phi) is 2.83. The molecule has 0 aliphatic carbocycles. The molecule has 18 heavy (non-hydrogen) atoms. The first-order chi connectivity index (χ1) is 8.77. The molecule has 0 saturated carbocycles. The standard InChI is InChI=1S/C17H19N/c1-13-12-18(15-8-4-3-5-9-15)14(2)17-11-7-6-10-16(13)17/h3-11,13-14H,12H2,1-2H3. The molecule has 0 saturated heterocycles. The van der Waals surface area contributed by atoms with E-state index in [1.165, 1.54) is 16.8 Å². The van der Waals surface area contributed by atoms with E-state index in [-0.39, 0.29) is 0 Å². The maximum atomic E-state index is 2.51. The van der Waals surface area contributed by atoms with Gasteiger partial charge in [0.05, 0.1) is 6.04 Å². The monoisotopic (exact) mass is 237 g/mol. The highest BCUT2D eigenvalue weighted by Gasteiger charge is 2.27. The highest BCUT2D eigenvalue weighted by molar-refractivity contribution is 5.52. The molecule has 2 unspecified atom stereocenters. The van der Waals surface area contributed by atoms with E-state index in [0.29, 0.717) is 12.0 Å². The summed E-state index contributed by atoms with van der Waals surface area (Å²) in [5.74, 6) is 0.595. The molecule has 92 valence electrons. The molecule has 0 radical (unpaired) electrons. The SMILES string of the molecule is CC1CN(c2ccccc2)C(C)c2ccccc21. The van der Waals surface area contributed by atoms with Crippen molar-refractivity contribution in [2.45, 2.75) is 25.8 Å². The second kappa shape index (κ2) is 4.49. The third-order valence-electron chi connectivity index (χ3n) is 4.00. The van der Waals surface area contributed by atoms with Gasteiger partial charge in [0.1, 0.15) is 0 Å². The zero-order valence-corrected chi connectivity index (χ0v) is 11.0. The summed E-state index contributed by atoms with van der Waals surface area (Å²) >= 11 is 0. The molecule has 0 bridgehead atoms. The predicted octanol–water partition coefficient (Wildman–Crippen LogP) is 4.37. The molecular formula is C17H19N. The van der Waals surface area contributed by atoms with Gasteiger partial charge in [-0.05, 0) is 36.1 Å². The number of fused-ring (bicyclic) bond motifs is 1. The Labute approximate surface area is 109 Å². The molecule has 3 rings (SSSR count). The maximum absolute atomic E-state index is 2.51. The summed E-state index contributed by atoms with van der Waals surface area (Å²) in [6.07, 6.45) is 0. The van der Waals surface area contributed by atoms with E-state index in [1.54, 1.807) is 0 Å². The Bertz CT molecular complexity index is 532. The van der Waals surface area contributed by atoms with Crippen molar-refractivity contribution < 1.29 is 0 Å². The van der Waals surface area contributed by atoms with Crippen molar-refractivity contribution in [1.82, 2.24) is 0 Å². The molecule has 1 aliphatic heterocycles. The average molecular weight is 237 g/mol. The minimum Gasteiger partial charge on any atom is -0.364 e. The van der Waals surface area contributed by atoms with Crippen molar-refractivity contribution >= 4 is 5.69 Å². The van der Waals surface area contributed by atoms with Gasteiger partial charge in [-0.3, -0.25) is 0 Å². The van der Waals surface area contributed by atoms with E-state index in [2.05, 4.69) is 73.3 Å². The van der Waals surface area contributed by atoms with E-state index in [0.717, 1.165) is 6.54 Å². The van der Waals surface area contributed by atoms with E-state index in [9.17, 15) is 0 Å². The van der Waals surface area contributed by atoms with E-state index in [1.807, 2.05) is 0 Å². The number of nitrogens with zero attached hydrogens (tertiary/aromatic N) is 1. The summed E-state index contributed by atoms with van der Waals surface area (Å²) < 4.78 is 0. The number of rotatable bonds is 1. The van der Waals surface area contributed by atoms with E-state index in [4.69, 9.17) is 0 Å². The van der Waals surface area contributed by atoms with E-state index >= 15 is 0 Å². The molecular weight excluding hydrogens is 218 g/mol. The fraction of sp³-hybridized carbons (Fsp3) is 0.294. The van der Waals surface area contributed by atoms with Crippen LogP contribution in [0.4, 0.5) is 5.69 Å². The lowest BCUT2D eigenvalue weighted by atomic mass is 9.86. The normalized spacial score (nSPS) is 22.7. The molecule has 0 aromatic heterocycles. The summed E-state index contributed by atoms with van der Waals surface area (Å²) in [4.78, 5) is 2.51. The zero-order chi connectivity index (χ0) is 12.5. The van der Waals surface area contributed by atoms with Crippen molar-refractivity contribution in [2.75, 3.05) is 11.4 Å². The van der Waals surface area contributed by atoms with Crippen LogP contribution in [0.25, 0.3) is 0 Å². The van der Waals surface area contributed by atoms with Gasteiger partial charge < -0.3 is 4.90 Å². The summed E-state index contributed by atoms with van der Waals surface area (Å²) in [7, 11) is 0. The molecule has 0 fully saturated rings. The zero-order valence-electron chi connectivity index (χ0n) is 11.0.